The van der Waals surface area contributed by atoms with Gasteiger partial charge in [-0.2, -0.15) is 0 Å². The number of furan rings is 1. The Kier molecular flexibility index (Phi) is 3.58. The van der Waals surface area contributed by atoms with Crippen molar-refractivity contribution in [3.05, 3.63) is 72.5 Å². The predicted molar refractivity (Wildman–Crippen MR) is 81.5 cm³/mol. The maximum Gasteiger partial charge on any atom is 0.380 e. The zero-order chi connectivity index (χ0) is 15.5. The van der Waals surface area contributed by atoms with Crippen LogP contribution < -0.4 is 0 Å². The van der Waals surface area contributed by atoms with Crippen molar-refractivity contribution < 1.29 is 19.1 Å². The van der Waals surface area contributed by atoms with Crippen LogP contribution in [-0.2, 0) is 4.79 Å². The largest absolute Gasteiger partial charge is 0.475 e. The standard InChI is InChI=1S/C18H12O4/c19-17(18(20)21)16-11-10-15(22-16)14-8-6-13(7-9-14)12-4-2-1-3-5-12/h1-11H,(H,20,21). The van der Waals surface area contributed by atoms with E-state index in [0.717, 1.165) is 16.7 Å². The van der Waals surface area contributed by atoms with Crippen LogP contribution in [0.1, 0.15) is 10.6 Å². The van der Waals surface area contributed by atoms with E-state index < -0.39 is 11.8 Å². The van der Waals surface area contributed by atoms with Crippen molar-refractivity contribution in [3.8, 4) is 22.5 Å². The summed E-state index contributed by atoms with van der Waals surface area (Å²) in [5.41, 5.74) is 2.96. The number of hydrogen-bond donors (Lipinski definition) is 1. The molecule has 1 aromatic heterocycles. The topological polar surface area (TPSA) is 67.5 Å². The highest BCUT2D eigenvalue weighted by Gasteiger charge is 2.19. The fraction of sp³-hybridized carbons (Fsp3) is 0. The molecular formula is C18H12O4. The summed E-state index contributed by atoms with van der Waals surface area (Å²) in [6.45, 7) is 0. The average molecular weight is 292 g/mol. The first-order valence-electron chi connectivity index (χ1n) is 6.68. The Morgan fingerprint density at radius 1 is 0.727 bits per heavy atom. The van der Waals surface area contributed by atoms with Gasteiger partial charge in [-0.25, -0.2) is 4.79 Å². The molecule has 0 aliphatic rings. The number of hydrogen-bond acceptors (Lipinski definition) is 3. The smallest absolute Gasteiger partial charge is 0.380 e. The average Bonchev–Trinajstić information content (AvgIpc) is 3.05. The molecule has 3 aromatic rings. The van der Waals surface area contributed by atoms with Crippen LogP contribution in [0.3, 0.4) is 0 Å². The second-order valence-corrected chi connectivity index (χ2v) is 4.74. The molecule has 0 radical (unpaired) electrons. The Balaban J connectivity index is 1.88. The van der Waals surface area contributed by atoms with Crippen molar-refractivity contribution in [2.24, 2.45) is 0 Å². The van der Waals surface area contributed by atoms with Crippen molar-refractivity contribution in [3.63, 3.8) is 0 Å². The molecule has 0 saturated carbocycles. The van der Waals surface area contributed by atoms with Crippen molar-refractivity contribution >= 4 is 11.8 Å². The Morgan fingerprint density at radius 3 is 1.95 bits per heavy atom. The van der Waals surface area contributed by atoms with Crippen LogP contribution in [-0.4, -0.2) is 16.9 Å². The molecule has 2 aromatic carbocycles. The number of carboxylic acid groups (broad SMARTS) is 1. The fourth-order valence-corrected chi connectivity index (χ4v) is 2.18. The molecule has 1 heterocycles. The normalized spacial score (nSPS) is 10.4. The first-order chi connectivity index (χ1) is 10.6. The number of carbonyl (C=O) groups is 2. The van der Waals surface area contributed by atoms with Gasteiger partial charge in [-0.15, -0.1) is 0 Å². The molecule has 22 heavy (non-hydrogen) atoms. The van der Waals surface area contributed by atoms with Gasteiger partial charge in [0.25, 0.3) is 0 Å². The SMILES string of the molecule is O=C(O)C(=O)c1ccc(-c2ccc(-c3ccccc3)cc2)o1. The maximum absolute atomic E-state index is 11.3. The molecule has 0 unspecified atom stereocenters. The number of benzene rings is 2. The summed E-state index contributed by atoms with van der Waals surface area (Å²) in [5.74, 6) is -2.29. The zero-order valence-electron chi connectivity index (χ0n) is 11.5. The van der Waals surface area contributed by atoms with Gasteiger partial charge in [-0.05, 0) is 23.3 Å². The van der Waals surface area contributed by atoms with E-state index in [4.69, 9.17) is 9.52 Å². The van der Waals surface area contributed by atoms with E-state index >= 15 is 0 Å². The first-order valence-corrected chi connectivity index (χ1v) is 6.68. The molecule has 0 aliphatic carbocycles. The van der Waals surface area contributed by atoms with Crippen LogP contribution in [0.15, 0.2) is 71.1 Å². The summed E-state index contributed by atoms with van der Waals surface area (Å²) in [6, 6.07) is 20.5. The van der Waals surface area contributed by atoms with E-state index in [1.807, 2.05) is 54.6 Å². The van der Waals surface area contributed by atoms with Crippen molar-refractivity contribution in [2.45, 2.75) is 0 Å². The molecular weight excluding hydrogens is 280 g/mol. The summed E-state index contributed by atoms with van der Waals surface area (Å²) in [6.07, 6.45) is 0. The molecule has 3 rings (SSSR count). The summed E-state index contributed by atoms with van der Waals surface area (Å²) in [7, 11) is 0. The first kappa shape index (κ1) is 13.8. The lowest BCUT2D eigenvalue weighted by Crippen LogP contribution is -2.11. The third kappa shape index (κ3) is 2.67. The monoisotopic (exact) mass is 292 g/mol. The minimum Gasteiger partial charge on any atom is -0.475 e. The Labute approximate surface area is 126 Å². The number of Topliss-reactive ketones (excluding diaryl/α,β-unsaturated/α-hetero) is 1. The number of carboxylic acids is 1. The molecule has 4 heteroatoms. The third-order valence-electron chi connectivity index (χ3n) is 3.30. The van der Waals surface area contributed by atoms with E-state index in [-0.39, 0.29) is 5.76 Å². The van der Waals surface area contributed by atoms with Gasteiger partial charge in [0.1, 0.15) is 5.76 Å². The van der Waals surface area contributed by atoms with Gasteiger partial charge in [0.05, 0.1) is 0 Å². The highest BCUT2D eigenvalue weighted by molar-refractivity contribution is 6.39. The van der Waals surface area contributed by atoms with Crippen LogP contribution >= 0.6 is 0 Å². The molecule has 1 N–H and O–H groups in total. The van der Waals surface area contributed by atoms with Crippen LogP contribution in [0.4, 0.5) is 0 Å². The van der Waals surface area contributed by atoms with Gasteiger partial charge < -0.3 is 9.52 Å². The molecule has 0 saturated heterocycles. The third-order valence-corrected chi connectivity index (χ3v) is 3.30. The van der Waals surface area contributed by atoms with Gasteiger partial charge in [-0.3, -0.25) is 4.79 Å². The molecule has 0 fully saturated rings. The maximum atomic E-state index is 11.3. The molecule has 0 atom stereocenters. The molecule has 0 spiro atoms. The lowest BCUT2D eigenvalue weighted by molar-refractivity contribution is -0.131. The highest BCUT2D eigenvalue weighted by Crippen LogP contribution is 2.26. The van der Waals surface area contributed by atoms with Gasteiger partial charge in [-0.1, -0.05) is 54.6 Å². The number of aliphatic carboxylic acids is 1. The quantitative estimate of drug-likeness (QED) is 0.585. The zero-order valence-corrected chi connectivity index (χ0v) is 11.5. The van der Waals surface area contributed by atoms with Crippen molar-refractivity contribution in [1.29, 1.82) is 0 Å². The lowest BCUT2D eigenvalue weighted by atomic mass is 10.0. The number of rotatable bonds is 4. The minimum atomic E-state index is -1.53. The van der Waals surface area contributed by atoms with Gasteiger partial charge in [0, 0.05) is 5.56 Å². The second-order valence-electron chi connectivity index (χ2n) is 4.74. The van der Waals surface area contributed by atoms with E-state index in [1.54, 1.807) is 6.07 Å². The minimum absolute atomic E-state index is 0.172. The molecule has 4 nitrogen and oxygen atoms in total. The Morgan fingerprint density at radius 2 is 1.32 bits per heavy atom. The fourth-order valence-electron chi connectivity index (χ4n) is 2.18. The molecule has 108 valence electrons. The van der Waals surface area contributed by atoms with Crippen molar-refractivity contribution in [2.75, 3.05) is 0 Å². The van der Waals surface area contributed by atoms with Crippen LogP contribution in [0.5, 0.6) is 0 Å². The second kappa shape index (κ2) is 5.69. The number of carbonyl (C=O) groups excluding carboxylic acids is 1. The Bertz CT molecular complexity index is 814. The highest BCUT2D eigenvalue weighted by atomic mass is 16.4. The summed E-state index contributed by atoms with van der Waals surface area (Å²) in [5, 5.41) is 8.67. The van der Waals surface area contributed by atoms with E-state index in [2.05, 4.69) is 0 Å². The van der Waals surface area contributed by atoms with Crippen LogP contribution in [0.2, 0.25) is 0 Å². The lowest BCUT2D eigenvalue weighted by Gasteiger charge is -2.02. The number of ketones is 1. The van der Waals surface area contributed by atoms with E-state index in [1.165, 1.54) is 6.07 Å². The molecule has 0 bridgehead atoms. The summed E-state index contributed by atoms with van der Waals surface area (Å²) >= 11 is 0. The molecule has 0 aliphatic heterocycles. The predicted octanol–water partition coefficient (Wildman–Crippen LogP) is 3.88. The molecule has 0 amide bonds. The summed E-state index contributed by atoms with van der Waals surface area (Å²) < 4.78 is 5.31. The van der Waals surface area contributed by atoms with Crippen LogP contribution in [0.25, 0.3) is 22.5 Å². The summed E-state index contributed by atoms with van der Waals surface area (Å²) in [4.78, 5) is 22.0. The van der Waals surface area contributed by atoms with E-state index in [9.17, 15) is 9.59 Å². The van der Waals surface area contributed by atoms with Gasteiger partial charge in [0.2, 0.25) is 0 Å². The Hall–Kier alpha value is -3.14. The van der Waals surface area contributed by atoms with E-state index in [0.29, 0.717) is 5.76 Å². The van der Waals surface area contributed by atoms with Gasteiger partial charge in [0.15, 0.2) is 5.76 Å². The van der Waals surface area contributed by atoms with Gasteiger partial charge >= 0.3 is 11.8 Å². The van der Waals surface area contributed by atoms with Crippen molar-refractivity contribution in [1.82, 2.24) is 0 Å². The van der Waals surface area contributed by atoms with Crippen LogP contribution in [0, 0.1) is 0 Å².